The van der Waals surface area contributed by atoms with E-state index in [1.54, 1.807) is 0 Å². The molecule has 0 aliphatic heterocycles. The predicted octanol–water partition coefficient (Wildman–Crippen LogP) is 0.308. The zero-order valence-corrected chi connectivity index (χ0v) is 10.6. The topological polar surface area (TPSA) is 93.7 Å². The Kier molecular flexibility index (Phi) is 5.34. The summed E-state index contributed by atoms with van der Waals surface area (Å²) in [5.74, 6) is -0.625. The lowest BCUT2D eigenvalue weighted by Crippen LogP contribution is -2.39. The van der Waals surface area contributed by atoms with Gasteiger partial charge in [-0.05, 0) is 24.3 Å². The van der Waals surface area contributed by atoms with E-state index in [1.165, 1.54) is 38.4 Å². The highest BCUT2D eigenvalue weighted by atomic mass is 16.5. The summed E-state index contributed by atoms with van der Waals surface area (Å²) in [4.78, 5) is 33.2. The molecule has 1 aromatic carbocycles. The van der Waals surface area contributed by atoms with E-state index in [0.29, 0.717) is 11.3 Å². The maximum absolute atomic E-state index is 11.2. The van der Waals surface area contributed by atoms with Crippen LogP contribution in [0.4, 0.5) is 4.79 Å². The first kappa shape index (κ1) is 14.5. The molecule has 0 radical (unpaired) electrons. The number of carbonyl (C=O) groups excluding carboxylic acids is 3. The molecule has 1 aromatic rings. The quantitative estimate of drug-likeness (QED) is 0.765. The number of ether oxygens (including phenoxy) is 2. The molecule has 3 amide bonds. The number of esters is 1. The molecule has 1 rings (SSSR count). The largest absolute Gasteiger partial charge is 0.484 e. The summed E-state index contributed by atoms with van der Waals surface area (Å²) >= 11 is 0. The van der Waals surface area contributed by atoms with Gasteiger partial charge in [0.05, 0.1) is 12.7 Å². The van der Waals surface area contributed by atoms with E-state index < -0.39 is 17.9 Å². The van der Waals surface area contributed by atoms with E-state index in [-0.39, 0.29) is 6.61 Å². The Balaban J connectivity index is 2.48. The Hall–Kier alpha value is -2.57. The summed E-state index contributed by atoms with van der Waals surface area (Å²) in [6, 6.07) is 5.48. The normalized spacial score (nSPS) is 9.37. The molecule has 0 heterocycles. The molecule has 0 saturated heterocycles. The van der Waals surface area contributed by atoms with Crippen LogP contribution in [0.15, 0.2) is 24.3 Å². The van der Waals surface area contributed by atoms with E-state index in [0.717, 1.165) is 0 Å². The van der Waals surface area contributed by atoms with Crippen molar-refractivity contribution in [2.75, 3.05) is 20.8 Å². The molecular weight excluding hydrogens is 252 g/mol. The fourth-order valence-electron chi connectivity index (χ4n) is 1.18. The first-order valence-electron chi connectivity index (χ1n) is 5.39. The number of hydrogen-bond acceptors (Lipinski definition) is 5. The number of rotatable bonds is 4. The number of nitrogens with one attached hydrogen (secondary N) is 2. The average Bonchev–Trinajstić information content (AvgIpc) is 2.44. The van der Waals surface area contributed by atoms with Crippen molar-refractivity contribution in [3.63, 3.8) is 0 Å². The lowest BCUT2D eigenvalue weighted by molar-refractivity contribution is -0.122. The summed E-state index contributed by atoms with van der Waals surface area (Å²) in [5, 5.41) is 4.29. The van der Waals surface area contributed by atoms with Gasteiger partial charge in [0.1, 0.15) is 5.75 Å². The Morgan fingerprint density at radius 3 is 2.32 bits per heavy atom. The minimum Gasteiger partial charge on any atom is -0.484 e. The highest BCUT2D eigenvalue weighted by molar-refractivity contribution is 5.94. The van der Waals surface area contributed by atoms with Gasteiger partial charge in [0.15, 0.2) is 6.61 Å². The molecule has 0 atom stereocenters. The van der Waals surface area contributed by atoms with E-state index in [4.69, 9.17) is 4.74 Å². The summed E-state index contributed by atoms with van der Waals surface area (Å²) in [5.41, 5.74) is 0.379. The average molecular weight is 266 g/mol. The fraction of sp³-hybridized carbons (Fsp3) is 0.250. The molecule has 0 saturated carbocycles. The zero-order valence-electron chi connectivity index (χ0n) is 10.6. The summed E-state index contributed by atoms with van der Waals surface area (Å²) < 4.78 is 9.68. The number of amides is 3. The van der Waals surface area contributed by atoms with Crippen molar-refractivity contribution in [3.8, 4) is 5.75 Å². The van der Waals surface area contributed by atoms with Crippen LogP contribution in [0.1, 0.15) is 10.4 Å². The number of imide groups is 1. The van der Waals surface area contributed by atoms with Crippen molar-refractivity contribution in [1.82, 2.24) is 10.6 Å². The number of methoxy groups -OCH3 is 1. The van der Waals surface area contributed by atoms with Crippen LogP contribution in [0.2, 0.25) is 0 Å². The minimum absolute atomic E-state index is 0.301. The summed E-state index contributed by atoms with van der Waals surface area (Å²) in [6.07, 6.45) is 0. The molecule has 102 valence electrons. The van der Waals surface area contributed by atoms with E-state index in [2.05, 4.69) is 15.4 Å². The minimum atomic E-state index is -0.602. The summed E-state index contributed by atoms with van der Waals surface area (Å²) in [6.45, 7) is -0.301. The molecule has 0 aliphatic rings. The maximum atomic E-state index is 11.2. The van der Waals surface area contributed by atoms with E-state index in [1.807, 2.05) is 0 Å². The van der Waals surface area contributed by atoms with Crippen molar-refractivity contribution < 1.29 is 23.9 Å². The van der Waals surface area contributed by atoms with Gasteiger partial charge >= 0.3 is 12.0 Å². The van der Waals surface area contributed by atoms with Crippen molar-refractivity contribution in [1.29, 1.82) is 0 Å². The predicted molar refractivity (Wildman–Crippen MR) is 65.9 cm³/mol. The number of urea groups is 1. The highest BCUT2D eigenvalue weighted by Crippen LogP contribution is 2.12. The van der Waals surface area contributed by atoms with Crippen LogP contribution >= 0.6 is 0 Å². The van der Waals surface area contributed by atoms with Gasteiger partial charge in [-0.15, -0.1) is 0 Å². The third-order valence-electron chi connectivity index (χ3n) is 2.13. The van der Waals surface area contributed by atoms with Crippen LogP contribution in [-0.2, 0) is 9.53 Å². The second-order valence-electron chi connectivity index (χ2n) is 3.43. The fourth-order valence-corrected chi connectivity index (χ4v) is 1.18. The molecule has 0 bridgehead atoms. The molecule has 0 aliphatic carbocycles. The van der Waals surface area contributed by atoms with Crippen LogP contribution in [0, 0.1) is 0 Å². The SMILES string of the molecule is CNC(=O)NC(=O)COc1ccc(C(=O)OC)cc1. The second kappa shape index (κ2) is 7.00. The van der Waals surface area contributed by atoms with Crippen molar-refractivity contribution in [2.24, 2.45) is 0 Å². The molecule has 0 fully saturated rings. The van der Waals surface area contributed by atoms with Gasteiger partial charge in [-0.3, -0.25) is 10.1 Å². The van der Waals surface area contributed by atoms with Crippen LogP contribution in [0.3, 0.4) is 0 Å². The Bertz CT molecular complexity index is 470. The third kappa shape index (κ3) is 4.66. The van der Waals surface area contributed by atoms with Crippen molar-refractivity contribution in [2.45, 2.75) is 0 Å². The first-order valence-corrected chi connectivity index (χ1v) is 5.39. The molecule has 0 spiro atoms. The second-order valence-corrected chi connectivity index (χ2v) is 3.43. The van der Waals surface area contributed by atoms with Crippen LogP contribution in [-0.4, -0.2) is 38.7 Å². The Morgan fingerprint density at radius 1 is 1.16 bits per heavy atom. The number of hydrogen-bond donors (Lipinski definition) is 2. The lowest BCUT2D eigenvalue weighted by atomic mass is 10.2. The molecule has 7 heteroatoms. The van der Waals surface area contributed by atoms with Gasteiger partial charge in [-0.1, -0.05) is 0 Å². The van der Waals surface area contributed by atoms with Crippen LogP contribution in [0.5, 0.6) is 5.75 Å². The molecular formula is C12H14N2O5. The Labute approximate surface area is 109 Å². The van der Waals surface area contributed by atoms with Crippen LogP contribution < -0.4 is 15.4 Å². The van der Waals surface area contributed by atoms with E-state index in [9.17, 15) is 14.4 Å². The molecule has 2 N–H and O–H groups in total. The maximum Gasteiger partial charge on any atom is 0.337 e. The molecule has 7 nitrogen and oxygen atoms in total. The van der Waals surface area contributed by atoms with Gasteiger partial charge in [-0.2, -0.15) is 0 Å². The standard InChI is InChI=1S/C12H14N2O5/c1-13-12(17)14-10(15)7-19-9-5-3-8(4-6-9)11(16)18-2/h3-6H,7H2,1-2H3,(H2,13,14,15,17). The molecule has 19 heavy (non-hydrogen) atoms. The molecule has 0 unspecified atom stereocenters. The number of benzene rings is 1. The lowest BCUT2D eigenvalue weighted by Gasteiger charge is -2.06. The Morgan fingerprint density at radius 2 is 1.79 bits per heavy atom. The monoisotopic (exact) mass is 266 g/mol. The van der Waals surface area contributed by atoms with Crippen LogP contribution in [0.25, 0.3) is 0 Å². The molecule has 0 aromatic heterocycles. The van der Waals surface area contributed by atoms with Crippen molar-refractivity contribution >= 4 is 17.9 Å². The van der Waals surface area contributed by atoms with Gasteiger partial charge < -0.3 is 14.8 Å². The number of carbonyl (C=O) groups is 3. The van der Waals surface area contributed by atoms with Gasteiger partial charge in [0, 0.05) is 7.05 Å². The van der Waals surface area contributed by atoms with Crippen molar-refractivity contribution in [3.05, 3.63) is 29.8 Å². The highest BCUT2D eigenvalue weighted by Gasteiger charge is 2.08. The van der Waals surface area contributed by atoms with Gasteiger partial charge in [0.25, 0.3) is 5.91 Å². The van der Waals surface area contributed by atoms with E-state index >= 15 is 0 Å². The summed E-state index contributed by atoms with van der Waals surface area (Å²) in [7, 11) is 2.69. The smallest absolute Gasteiger partial charge is 0.337 e. The van der Waals surface area contributed by atoms with Gasteiger partial charge in [-0.25, -0.2) is 9.59 Å². The first-order chi connectivity index (χ1) is 9.06. The van der Waals surface area contributed by atoms with Gasteiger partial charge in [0.2, 0.25) is 0 Å². The zero-order chi connectivity index (χ0) is 14.3. The third-order valence-corrected chi connectivity index (χ3v) is 2.13.